The molecule has 0 aliphatic carbocycles. The molecular formula is C42H50F6N10O5. The summed E-state index contributed by atoms with van der Waals surface area (Å²) >= 11 is 0. The van der Waals surface area contributed by atoms with Gasteiger partial charge in [-0.05, 0) is 55.8 Å². The smallest absolute Gasteiger partial charge is 0.438 e. The number of carbonyl (C=O) groups excluding carboxylic acids is 1. The fraction of sp³-hybridized carbons (Fsp3) is 0.429. The summed E-state index contributed by atoms with van der Waals surface area (Å²) < 4.78 is 81.6. The molecule has 6 rings (SSSR count). The number of pyridine rings is 4. The van der Waals surface area contributed by atoms with Crippen LogP contribution in [0.2, 0.25) is 0 Å². The van der Waals surface area contributed by atoms with Crippen molar-refractivity contribution >= 4 is 34.9 Å². The quantitative estimate of drug-likeness (QED) is 0.0591. The van der Waals surface area contributed by atoms with Crippen LogP contribution in [-0.2, 0) is 0 Å². The second-order valence-corrected chi connectivity index (χ2v) is 14.5. The van der Waals surface area contributed by atoms with Crippen molar-refractivity contribution in [3.8, 4) is 0 Å². The van der Waals surface area contributed by atoms with Crippen LogP contribution >= 0.6 is 0 Å². The minimum Gasteiger partial charge on any atom is -0.478 e. The zero-order valence-electron chi connectivity index (χ0n) is 34.6. The molecule has 4 aromatic heterocycles. The lowest BCUT2D eigenvalue weighted by Gasteiger charge is -2.33. The molecule has 4 aromatic rings. The number of halogens is 6. The van der Waals surface area contributed by atoms with Gasteiger partial charge in [0.2, 0.25) is 0 Å². The standard InChI is InChI=1S/C21H24F3N5O2.C15H11F3N4O3.C6H15N/c1-2-3-4-5-11-26-19(30)16-8-9-18(27-14-16)29-20(31,21(22,23)24)12-17(28-29)15-7-6-10-25-13-15;16-15(17,18)14(25)6-11(9-2-1-5-19-7-9)21-22(14)12-4-3-10(8-20-12)13(23)24;1-2-3-4-5-6-7/h6-10,13-14,31H,2-5,11-12H2,1H3,(H,26,30);1-5,7-8,25H,6H2,(H,23,24);2-7H2,1H3. The normalized spacial score (nSPS) is 18.4. The van der Waals surface area contributed by atoms with Crippen LogP contribution in [0.25, 0.3) is 0 Å². The van der Waals surface area contributed by atoms with Crippen molar-refractivity contribution in [1.82, 2.24) is 25.3 Å². The lowest BCUT2D eigenvalue weighted by atomic mass is 10.0. The van der Waals surface area contributed by atoms with E-state index in [9.17, 15) is 46.1 Å². The largest absolute Gasteiger partial charge is 0.478 e. The highest BCUT2D eigenvalue weighted by Crippen LogP contribution is 2.44. The number of unbranched alkanes of at least 4 members (excludes halogenated alkanes) is 6. The van der Waals surface area contributed by atoms with Crippen LogP contribution in [0.4, 0.5) is 38.0 Å². The summed E-state index contributed by atoms with van der Waals surface area (Å²) in [6, 6.07) is 10.9. The number of carboxylic acids is 1. The summed E-state index contributed by atoms with van der Waals surface area (Å²) in [5.74, 6) is -2.18. The Morgan fingerprint density at radius 2 is 1.14 bits per heavy atom. The number of carboxylic acid groups (broad SMARTS) is 1. The van der Waals surface area contributed by atoms with E-state index in [0.717, 1.165) is 50.6 Å². The molecule has 2 unspecified atom stereocenters. The van der Waals surface area contributed by atoms with Crippen LogP contribution < -0.4 is 21.1 Å². The number of hydrogen-bond donors (Lipinski definition) is 5. The topological polar surface area (TPSA) is 216 Å². The summed E-state index contributed by atoms with van der Waals surface area (Å²) in [4.78, 5) is 38.4. The molecule has 0 aromatic carbocycles. The Hall–Kier alpha value is -6.06. The maximum atomic E-state index is 13.7. The SMILES string of the molecule is CCCCCCN.CCCCCCNC(=O)c1ccc(N2N=C(c3cccnc3)CC2(O)C(F)(F)F)nc1.O=C(O)c1ccc(N2N=C(c3cccnc3)CC2(O)C(F)(F)F)nc1. The molecule has 6 heterocycles. The molecule has 0 fully saturated rings. The monoisotopic (exact) mass is 888 g/mol. The van der Waals surface area contributed by atoms with E-state index in [-0.39, 0.29) is 40.1 Å². The minimum absolute atomic E-state index is 0.0166. The lowest BCUT2D eigenvalue weighted by molar-refractivity contribution is -0.254. The molecule has 1 amide bonds. The molecule has 15 nitrogen and oxygen atoms in total. The van der Waals surface area contributed by atoms with Gasteiger partial charge < -0.3 is 26.4 Å². The lowest BCUT2D eigenvalue weighted by Crippen LogP contribution is -2.55. The highest BCUT2D eigenvalue weighted by molar-refractivity contribution is 6.04. The van der Waals surface area contributed by atoms with Gasteiger partial charge in [0.1, 0.15) is 0 Å². The summed E-state index contributed by atoms with van der Waals surface area (Å²) in [5.41, 5.74) is -0.557. The number of hydrogen-bond acceptors (Lipinski definition) is 13. The molecule has 0 radical (unpaired) electrons. The van der Waals surface area contributed by atoms with E-state index in [1.807, 2.05) is 0 Å². The number of amides is 1. The van der Waals surface area contributed by atoms with E-state index in [2.05, 4.69) is 49.3 Å². The predicted octanol–water partition coefficient (Wildman–Crippen LogP) is 7.22. The van der Waals surface area contributed by atoms with Gasteiger partial charge in [0, 0.05) is 54.9 Å². The van der Waals surface area contributed by atoms with Gasteiger partial charge in [-0.25, -0.2) is 24.8 Å². The number of rotatable bonds is 15. The van der Waals surface area contributed by atoms with Crippen LogP contribution in [0.5, 0.6) is 0 Å². The van der Waals surface area contributed by atoms with Gasteiger partial charge in [-0.2, -0.15) is 36.5 Å². The Morgan fingerprint density at radius 1 is 0.683 bits per heavy atom. The molecule has 6 N–H and O–H groups in total. The van der Waals surface area contributed by atoms with Crippen LogP contribution in [0.15, 0.2) is 95.9 Å². The summed E-state index contributed by atoms with van der Waals surface area (Å²) in [5, 5.41) is 41.0. The van der Waals surface area contributed by atoms with Gasteiger partial charge in [0.05, 0.1) is 35.4 Å². The van der Waals surface area contributed by atoms with Gasteiger partial charge in [0.15, 0.2) is 11.6 Å². The molecular weight excluding hydrogens is 839 g/mol. The maximum absolute atomic E-state index is 13.7. The number of hydrazone groups is 2. The fourth-order valence-corrected chi connectivity index (χ4v) is 6.11. The third kappa shape index (κ3) is 12.8. The molecule has 2 aliphatic heterocycles. The average molecular weight is 889 g/mol. The van der Waals surface area contributed by atoms with E-state index >= 15 is 0 Å². The molecule has 0 saturated carbocycles. The van der Waals surface area contributed by atoms with Gasteiger partial charge in [0.25, 0.3) is 17.4 Å². The third-order valence-corrected chi connectivity index (χ3v) is 9.68. The van der Waals surface area contributed by atoms with E-state index in [0.29, 0.717) is 27.7 Å². The number of nitrogens with zero attached hydrogens (tertiary/aromatic N) is 8. The number of anilines is 2. The van der Waals surface area contributed by atoms with E-state index in [1.165, 1.54) is 80.9 Å². The zero-order chi connectivity index (χ0) is 46.3. The van der Waals surface area contributed by atoms with E-state index in [4.69, 9.17) is 10.8 Å². The number of aliphatic hydroxyl groups is 2. The molecule has 2 aliphatic rings. The first kappa shape index (κ1) is 49.6. The number of carbonyl (C=O) groups is 2. The Labute approximate surface area is 359 Å². The maximum Gasteiger partial charge on any atom is 0.438 e. The second-order valence-electron chi connectivity index (χ2n) is 14.5. The van der Waals surface area contributed by atoms with Crippen molar-refractivity contribution in [3.05, 3.63) is 108 Å². The number of aromatic nitrogens is 4. The van der Waals surface area contributed by atoms with Gasteiger partial charge >= 0.3 is 18.3 Å². The van der Waals surface area contributed by atoms with Crippen molar-refractivity contribution in [2.24, 2.45) is 15.9 Å². The first-order valence-electron chi connectivity index (χ1n) is 20.2. The van der Waals surface area contributed by atoms with E-state index < -0.39 is 42.6 Å². The van der Waals surface area contributed by atoms with E-state index in [1.54, 1.807) is 12.1 Å². The number of aromatic carboxylic acids is 1. The molecule has 0 bridgehead atoms. The van der Waals surface area contributed by atoms with Crippen LogP contribution in [-0.4, -0.2) is 95.4 Å². The molecule has 0 spiro atoms. The summed E-state index contributed by atoms with van der Waals surface area (Å²) in [7, 11) is 0. The highest BCUT2D eigenvalue weighted by Gasteiger charge is 2.63. The molecule has 63 heavy (non-hydrogen) atoms. The number of nitrogens with one attached hydrogen (secondary N) is 1. The Kier molecular flexibility index (Phi) is 17.6. The Balaban J connectivity index is 0.000000244. The highest BCUT2D eigenvalue weighted by atomic mass is 19.4. The first-order chi connectivity index (χ1) is 29.9. The minimum atomic E-state index is -5.02. The van der Waals surface area contributed by atoms with Crippen molar-refractivity contribution in [3.63, 3.8) is 0 Å². The van der Waals surface area contributed by atoms with Crippen molar-refractivity contribution in [1.29, 1.82) is 0 Å². The third-order valence-electron chi connectivity index (χ3n) is 9.68. The first-order valence-corrected chi connectivity index (χ1v) is 20.2. The van der Waals surface area contributed by atoms with Crippen LogP contribution in [0, 0.1) is 0 Å². The van der Waals surface area contributed by atoms with Gasteiger partial charge in [-0.3, -0.25) is 14.8 Å². The summed E-state index contributed by atoms with van der Waals surface area (Å²) in [6.45, 7) is 5.67. The van der Waals surface area contributed by atoms with Gasteiger partial charge in [-0.15, -0.1) is 0 Å². The van der Waals surface area contributed by atoms with Crippen molar-refractivity contribution in [2.45, 2.75) is 102 Å². The zero-order valence-corrected chi connectivity index (χ0v) is 34.6. The van der Waals surface area contributed by atoms with Crippen molar-refractivity contribution < 1.29 is 51.3 Å². The number of alkyl halides is 6. The Bertz CT molecular complexity index is 2130. The fourth-order valence-electron chi connectivity index (χ4n) is 6.11. The predicted molar refractivity (Wildman–Crippen MR) is 223 cm³/mol. The molecule has 340 valence electrons. The summed E-state index contributed by atoms with van der Waals surface area (Å²) in [6.07, 6.45) is 5.32. The Morgan fingerprint density at radius 3 is 1.51 bits per heavy atom. The van der Waals surface area contributed by atoms with Crippen LogP contribution in [0.1, 0.15) is 110 Å². The molecule has 21 heteroatoms. The second kappa shape index (κ2) is 22.3. The van der Waals surface area contributed by atoms with Crippen molar-refractivity contribution in [2.75, 3.05) is 23.1 Å². The van der Waals surface area contributed by atoms with Gasteiger partial charge in [-0.1, -0.05) is 64.5 Å². The molecule has 2 atom stereocenters. The number of nitrogens with two attached hydrogens (primary N) is 1. The van der Waals surface area contributed by atoms with Crippen LogP contribution in [0.3, 0.4) is 0 Å². The molecule has 0 saturated heterocycles. The average Bonchev–Trinajstić information content (AvgIpc) is 3.84.